The van der Waals surface area contributed by atoms with E-state index in [0.717, 1.165) is 10.9 Å². The number of amides is 1. The average Bonchev–Trinajstić information content (AvgIpc) is 2.64. The molecule has 0 unspecified atom stereocenters. The Morgan fingerprint density at radius 1 is 1.57 bits per heavy atom. The van der Waals surface area contributed by atoms with Gasteiger partial charge < -0.3 is 4.74 Å². The van der Waals surface area contributed by atoms with E-state index in [1.807, 2.05) is 6.07 Å². The van der Waals surface area contributed by atoms with Gasteiger partial charge in [-0.25, -0.2) is 4.79 Å². The topological polar surface area (TPSA) is 67.0 Å². The van der Waals surface area contributed by atoms with Gasteiger partial charge in [0, 0.05) is 11.1 Å². The minimum Gasteiger partial charge on any atom is -0.453 e. The maximum atomic E-state index is 10.9. The van der Waals surface area contributed by atoms with Crippen molar-refractivity contribution in [3.05, 3.63) is 24.4 Å². The van der Waals surface area contributed by atoms with Gasteiger partial charge in [0.15, 0.2) is 0 Å². The van der Waals surface area contributed by atoms with Crippen LogP contribution in [0.25, 0.3) is 10.9 Å². The van der Waals surface area contributed by atoms with Crippen molar-refractivity contribution in [1.82, 2.24) is 10.2 Å². The number of hydrogen-bond acceptors (Lipinski definition) is 3. The number of fused-ring (bicyclic) bond motifs is 1. The van der Waals surface area contributed by atoms with Crippen LogP contribution < -0.4 is 5.32 Å². The second-order valence-electron chi connectivity index (χ2n) is 2.79. The van der Waals surface area contributed by atoms with Crippen molar-refractivity contribution in [1.29, 1.82) is 0 Å². The van der Waals surface area contributed by atoms with E-state index < -0.39 is 6.09 Å². The molecule has 1 amide bonds. The number of hydrogen-bond donors (Lipinski definition) is 2. The Morgan fingerprint density at radius 2 is 2.43 bits per heavy atom. The summed E-state index contributed by atoms with van der Waals surface area (Å²) in [6, 6.07) is 5.44. The second-order valence-corrected chi connectivity index (χ2v) is 2.79. The first-order valence-corrected chi connectivity index (χ1v) is 4.08. The van der Waals surface area contributed by atoms with E-state index >= 15 is 0 Å². The first kappa shape index (κ1) is 8.55. The molecule has 1 aromatic heterocycles. The summed E-state index contributed by atoms with van der Waals surface area (Å²) >= 11 is 0. The molecule has 5 heteroatoms. The summed E-state index contributed by atoms with van der Waals surface area (Å²) in [6.07, 6.45) is 1.24. The molecule has 0 fully saturated rings. The summed E-state index contributed by atoms with van der Waals surface area (Å²) in [5.74, 6) is 0. The number of rotatable bonds is 1. The third-order valence-electron chi connectivity index (χ3n) is 1.87. The molecule has 0 spiro atoms. The molecule has 0 aliphatic rings. The Balaban J connectivity index is 2.30. The highest BCUT2D eigenvalue weighted by molar-refractivity contribution is 5.89. The Kier molecular flexibility index (Phi) is 2.06. The van der Waals surface area contributed by atoms with Crippen LogP contribution in [0, 0.1) is 0 Å². The van der Waals surface area contributed by atoms with Gasteiger partial charge in [-0.2, -0.15) is 5.10 Å². The smallest absolute Gasteiger partial charge is 0.411 e. The third-order valence-corrected chi connectivity index (χ3v) is 1.87. The molecule has 1 heterocycles. The summed E-state index contributed by atoms with van der Waals surface area (Å²) in [6.45, 7) is 0. The predicted molar refractivity (Wildman–Crippen MR) is 52.1 cm³/mol. The van der Waals surface area contributed by atoms with Crippen molar-refractivity contribution in [3.63, 3.8) is 0 Å². The largest absolute Gasteiger partial charge is 0.453 e. The first-order valence-electron chi connectivity index (χ1n) is 4.08. The van der Waals surface area contributed by atoms with Crippen LogP contribution in [0.4, 0.5) is 10.5 Å². The lowest BCUT2D eigenvalue weighted by Gasteiger charge is -2.02. The third kappa shape index (κ3) is 1.52. The highest BCUT2D eigenvalue weighted by atomic mass is 16.5. The Morgan fingerprint density at radius 3 is 3.21 bits per heavy atom. The average molecular weight is 191 g/mol. The zero-order valence-electron chi connectivity index (χ0n) is 7.57. The van der Waals surface area contributed by atoms with E-state index in [1.54, 1.807) is 18.3 Å². The first-order chi connectivity index (χ1) is 6.79. The van der Waals surface area contributed by atoms with Crippen molar-refractivity contribution in [2.75, 3.05) is 12.4 Å². The van der Waals surface area contributed by atoms with Gasteiger partial charge in [0.25, 0.3) is 0 Å². The minimum absolute atomic E-state index is 0.483. The van der Waals surface area contributed by atoms with Gasteiger partial charge in [-0.05, 0) is 18.2 Å². The summed E-state index contributed by atoms with van der Waals surface area (Å²) < 4.78 is 4.47. The number of benzene rings is 1. The van der Waals surface area contributed by atoms with E-state index in [9.17, 15) is 4.79 Å². The molecule has 2 aromatic rings. The number of ether oxygens (including phenoxy) is 1. The number of aromatic nitrogens is 2. The molecule has 0 saturated carbocycles. The predicted octanol–water partition coefficient (Wildman–Crippen LogP) is 1.74. The van der Waals surface area contributed by atoms with Crippen LogP contribution in [0.5, 0.6) is 0 Å². The van der Waals surface area contributed by atoms with E-state index in [1.165, 1.54) is 7.11 Å². The standard InChI is InChI=1S/C9H9N3O2/c1-14-9(13)11-7-3-2-6-5-10-12-8(6)4-7/h2-5H,1H3,(H,10,12)(H,11,13). The van der Waals surface area contributed by atoms with Crippen molar-refractivity contribution in [2.45, 2.75) is 0 Å². The maximum Gasteiger partial charge on any atom is 0.411 e. The Bertz CT molecular complexity index is 464. The van der Waals surface area contributed by atoms with Gasteiger partial charge >= 0.3 is 6.09 Å². The highest BCUT2D eigenvalue weighted by Gasteiger charge is 2.01. The second kappa shape index (κ2) is 3.37. The molecule has 0 radical (unpaired) electrons. The molecule has 0 bridgehead atoms. The molecule has 14 heavy (non-hydrogen) atoms. The molecule has 0 atom stereocenters. The van der Waals surface area contributed by atoms with Crippen LogP contribution in [0.3, 0.4) is 0 Å². The molecular weight excluding hydrogens is 182 g/mol. The molecule has 0 aliphatic heterocycles. The van der Waals surface area contributed by atoms with Gasteiger partial charge in [0.2, 0.25) is 0 Å². The van der Waals surface area contributed by atoms with Crippen molar-refractivity contribution >= 4 is 22.7 Å². The van der Waals surface area contributed by atoms with E-state index in [4.69, 9.17) is 0 Å². The number of anilines is 1. The zero-order chi connectivity index (χ0) is 9.97. The van der Waals surface area contributed by atoms with E-state index in [0.29, 0.717) is 5.69 Å². The molecule has 72 valence electrons. The molecule has 0 aliphatic carbocycles. The lowest BCUT2D eigenvalue weighted by Crippen LogP contribution is -2.10. The molecule has 0 saturated heterocycles. The monoisotopic (exact) mass is 191 g/mol. The SMILES string of the molecule is COC(=O)Nc1ccc2cn[nH]c2c1. The summed E-state index contributed by atoms with van der Waals surface area (Å²) in [7, 11) is 1.32. The van der Waals surface area contributed by atoms with Gasteiger partial charge in [0.1, 0.15) is 0 Å². The quantitative estimate of drug-likeness (QED) is 0.721. The lowest BCUT2D eigenvalue weighted by molar-refractivity contribution is 0.187. The van der Waals surface area contributed by atoms with Crippen LogP contribution in [-0.2, 0) is 4.74 Å². The number of aromatic amines is 1. The fourth-order valence-electron chi connectivity index (χ4n) is 1.18. The van der Waals surface area contributed by atoms with Gasteiger partial charge in [-0.1, -0.05) is 0 Å². The van der Waals surface area contributed by atoms with E-state index in [-0.39, 0.29) is 0 Å². The number of methoxy groups -OCH3 is 1. The normalized spacial score (nSPS) is 10.1. The highest BCUT2D eigenvalue weighted by Crippen LogP contribution is 2.16. The van der Waals surface area contributed by atoms with Crippen molar-refractivity contribution in [3.8, 4) is 0 Å². The molecule has 1 aromatic carbocycles. The van der Waals surface area contributed by atoms with Crippen LogP contribution in [0.2, 0.25) is 0 Å². The summed E-state index contributed by atoms with van der Waals surface area (Å²) in [5, 5.41) is 10.2. The molecular formula is C9H9N3O2. The summed E-state index contributed by atoms with van der Waals surface area (Å²) in [4.78, 5) is 10.9. The summed E-state index contributed by atoms with van der Waals surface area (Å²) in [5.41, 5.74) is 1.55. The van der Waals surface area contributed by atoms with Crippen LogP contribution in [0.1, 0.15) is 0 Å². The van der Waals surface area contributed by atoms with Crippen LogP contribution in [0.15, 0.2) is 24.4 Å². The number of H-pyrrole nitrogens is 1. The van der Waals surface area contributed by atoms with Crippen LogP contribution >= 0.6 is 0 Å². The number of carbonyl (C=O) groups is 1. The molecule has 5 nitrogen and oxygen atoms in total. The number of carbonyl (C=O) groups excluding carboxylic acids is 1. The van der Waals surface area contributed by atoms with E-state index in [2.05, 4.69) is 20.3 Å². The fourth-order valence-corrected chi connectivity index (χ4v) is 1.18. The minimum atomic E-state index is -0.483. The van der Waals surface area contributed by atoms with Gasteiger partial charge in [-0.15, -0.1) is 0 Å². The number of nitrogens with one attached hydrogen (secondary N) is 2. The molecule has 2 rings (SSSR count). The Hall–Kier alpha value is -2.04. The lowest BCUT2D eigenvalue weighted by atomic mass is 10.2. The van der Waals surface area contributed by atoms with Crippen molar-refractivity contribution in [2.24, 2.45) is 0 Å². The van der Waals surface area contributed by atoms with Gasteiger partial charge in [-0.3, -0.25) is 10.4 Å². The Labute approximate surface area is 80.1 Å². The maximum absolute atomic E-state index is 10.9. The van der Waals surface area contributed by atoms with Crippen molar-refractivity contribution < 1.29 is 9.53 Å². The molecule has 2 N–H and O–H groups in total. The fraction of sp³-hybridized carbons (Fsp3) is 0.111. The zero-order valence-corrected chi connectivity index (χ0v) is 7.57. The van der Waals surface area contributed by atoms with Gasteiger partial charge in [0.05, 0.1) is 18.8 Å². The number of nitrogens with zero attached hydrogens (tertiary/aromatic N) is 1. The van der Waals surface area contributed by atoms with Crippen LogP contribution in [-0.4, -0.2) is 23.4 Å².